The van der Waals surface area contributed by atoms with Crippen LogP contribution in [-0.2, 0) is 16.6 Å². The van der Waals surface area contributed by atoms with Gasteiger partial charge >= 0.3 is 0 Å². The molecule has 0 unspecified atom stereocenters. The second-order valence-corrected chi connectivity index (χ2v) is 6.93. The first-order chi connectivity index (χ1) is 9.31. The SMILES string of the molecule is Cc1noc(C)c1CNS(=O)(=O)c1ccc(N)c(Br)c1. The van der Waals surface area contributed by atoms with E-state index in [1.165, 1.54) is 18.2 Å². The van der Waals surface area contributed by atoms with Crippen LogP contribution in [0.5, 0.6) is 0 Å². The molecule has 6 nitrogen and oxygen atoms in total. The molecule has 108 valence electrons. The Morgan fingerprint density at radius 2 is 2.10 bits per heavy atom. The molecule has 0 aliphatic carbocycles. The summed E-state index contributed by atoms with van der Waals surface area (Å²) < 4.78 is 32.4. The Hall–Kier alpha value is -1.38. The monoisotopic (exact) mass is 359 g/mol. The Bertz CT molecular complexity index is 721. The minimum atomic E-state index is -3.61. The summed E-state index contributed by atoms with van der Waals surface area (Å²) in [7, 11) is -3.61. The van der Waals surface area contributed by atoms with Gasteiger partial charge in [-0.1, -0.05) is 5.16 Å². The maximum Gasteiger partial charge on any atom is 0.240 e. The third-order valence-corrected chi connectivity index (χ3v) is 4.99. The fourth-order valence-electron chi connectivity index (χ4n) is 1.68. The van der Waals surface area contributed by atoms with E-state index >= 15 is 0 Å². The van der Waals surface area contributed by atoms with Gasteiger partial charge in [0.05, 0.1) is 10.6 Å². The summed E-state index contributed by atoms with van der Waals surface area (Å²) in [4.78, 5) is 0.144. The molecule has 0 bridgehead atoms. The molecular weight excluding hydrogens is 346 g/mol. The smallest absolute Gasteiger partial charge is 0.240 e. The Labute approximate surface area is 125 Å². The minimum absolute atomic E-state index is 0.130. The lowest BCUT2D eigenvalue weighted by Gasteiger charge is -2.08. The maximum absolute atomic E-state index is 12.2. The fourth-order valence-corrected chi connectivity index (χ4v) is 3.23. The van der Waals surface area contributed by atoms with Crippen LogP contribution < -0.4 is 10.5 Å². The van der Waals surface area contributed by atoms with Crippen molar-refractivity contribution in [3.63, 3.8) is 0 Å². The number of aryl methyl sites for hydroxylation is 2. The number of nitrogens with one attached hydrogen (secondary N) is 1. The van der Waals surface area contributed by atoms with E-state index in [0.29, 0.717) is 21.6 Å². The number of nitrogens with two attached hydrogens (primary N) is 1. The van der Waals surface area contributed by atoms with Gasteiger partial charge in [0.1, 0.15) is 5.76 Å². The van der Waals surface area contributed by atoms with Crippen molar-refractivity contribution in [3.8, 4) is 0 Å². The molecule has 1 aromatic carbocycles. The second kappa shape index (κ2) is 5.55. The normalized spacial score (nSPS) is 11.8. The third kappa shape index (κ3) is 3.02. The first-order valence-corrected chi connectivity index (χ1v) is 8.05. The fraction of sp³-hybridized carbons (Fsp3) is 0.250. The van der Waals surface area contributed by atoms with E-state index in [1.54, 1.807) is 13.8 Å². The standard InChI is InChI=1S/C12H14BrN3O3S/c1-7-10(8(2)19-16-7)6-15-20(17,18)9-3-4-12(14)11(13)5-9/h3-5,15H,6,14H2,1-2H3. The van der Waals surface area contributed by atoms with Crippen LogP contribution in [0.4, 0.5) is 5.69 Å². The highest BCUT2D eigenvalue weighted by Crippen LogP contribution is 2.23. The first kappa shape index (κ1) is 15.0. The summed E-state index contributed by atoms with van der Waals surface area (Å²) in [5.74, 6) is 0.601. The molecule has 0 spiro atoms. The lowest BCUT2D eigenvalue weighted by molar-refractivity contribution is 0.392. The number of anilines is 1. The van der Waals surface area contributed by atoms with Gasteiger partial charge in [-0.2, -0.15) is 0 Å². The number of nitrogens with zero attached hydrogens (tertiary/aromatic N) is 1. The number of halogens is 1. The van der Waals surface area contributed by atoms with Gasteiger partial charge in [0.25, 0.3) is 0 Å². The number of aromatic nitrogens is 1. The van der Waals surface area contributed by atoms with Gasteiger partial charge in [0.15, 0.2) is 0 Å². The Morgan fingerprint density at radius 1 is 1.40 bits per heavy atom. The van der Waals surface area contributed by atoms with Gasteiger partial charge in [-0.15, -0.1) is 0 Å². The van der Waals surface area contributed by atoms with Gasteiger partial charge in [-0.25, -0.2) is 13.1 Å². The summed E-state index contributed by atoms with van der Waals surface area (Å²) in [6.45, 7) is 3.63. The molecule has 8 heteroatoms. The van der Waals surface area contributed by atoms with Crippen LogP contribution in [0.25, 0.3) is 0 Å². The largest absolute Gasteiger partial charge is 0.398 e. The van der Waals surface area contributed by atoms with E-state index < -0.39 is 10.0 Å². The van der Waals surface area contributed by atoms with E-state index in [1.807, 2.05) is 0 Å². The molecule has 0 saturated heterocycles. The van der Waals surface area contributed by atoms with Crippen LogP contribution >= 0.6 is 15.9 Å². The number of sulfonamides is 1. The molecule has 2 rings (SSSR count). The van der Waals surface area contributed by atoms with E-state index in [4.69, 9.17) is 10.3 Å². The molecule has 0 aliphatic rings. The maximum atomic E-state index is 12.2. The zero-order chi connectivity index (χ0) is 14.9. The van der Waals surface area contributed by atoms with Crippen molar-refractivity contribution in [3.05, 3.63) is 39.7 Å². The molecule has 0 fully saturated rings. The molecule has 3 N–H and O–H groups in total. The average Bonchev–Trinajstić information content (AvgIpc) is 2.70. The summed E-state index contributed by atoms with van der Waals surface area (Å²) in [6.07, 6.45) is 0. The molecule has 0 amide bonds. The lowest BCUT2D eigenvalue weighted by atomic mass is 10.2. The number of benzene rings is 1. The predicted molar refractivity (Wildman–Crippen MR) is 78.6 cm³/mol. The zero-order valence-corrected chi connectivity index (χ0v) is 13.4. The van der Waals surface area contributed by atoms with E-state index in [9.17, 15) is 8.42 Å². The van der Waals surface area contributed by atoms with Crippen LogP contribution in [0.3, 0.4) is 0 Å². The van der Waals surface area contributed by atoms with Crippen LogP contribution in [0.1, 0.15) is 17.0 Å². The Kier molecular flexibility index (Phi) is 4.17. The third-order valence-electron chi connectivity index (χ3n) is 2.90. The number of rotatable bonds is 4. The molecule has 1 aromatic heterocycles. The molecule has 0 aliphatic heterocycles. The van der Waals surface area contributed by atoms with E-state index in [0.717, 1.165) is 5.56 Å². The first-order valence-electron chi connectivity index (χ1n) is 5.77. The molecule has 0 radical (unpaired) electrons. The van der Waals surface area contributed by atoms with Crippen molar-refractivity contribution >= 4 is 31.6 Å². The summed E-state index contributed by atoms with van der Waals surface area (Å²) >= 11 is 3.21. The molecule has 0 atom stereocenters. The average molecular weight is 360 g/mol. The number of hydrogen-bond acceptors (Lipinski definition) is 5. The van der Waals surface area contributed by atoms with Gasteiger partial charge < -0.3 is 10.3 Å². The second-order valence-electron chi connectivity index (χ2n) is 4.31. The van der Waals surface area contributed by atoms with Crippen LogP contribution in [0.2, 0.25) is 0 Å². The molecule has 0 saturated carbocycles. The number of hydrogen-bond donors (Lipinski definition) is 2. The Morgan fingerprint density at radius 3 is 2.65 bits per heavy atom. The van der Waals surface area contributed by atoms with Crippen molar-refractivity contribution in [2.24, 2.45) is 0 Å². The molecule has 2 aromatic rings. The van der Waals surface area contributed by atoms with Crippen LogP contribution in [-0.4, -0.2) is 13.6 Å². The van der Waals surface area contributed by atoms with Crippen molar-refractivity contribution < 1.29 is 12.9 Å². The molecule has 1 heterocycles. The van der Waals surface area contributed by atoms with Crippen molar-refractivity contribution in [1.29, 1.82) is 0 Å². The minimum Gasteiger partial charge on any atom is -0.398 e. The summed E-state index contributed by atoms with van der Waals surface area (Å²) in [5.41, 5.74) is 7.53. The van der Waals surface area contributed by atoms with Crippen molar-refractivity contribution in [2.45, 2.75) is 25.3 Å². The van der Waals surface area contributed by atoms with Gasteiger partial charge in [-0.3, -0.25) is 0 Å². The van der Waals surface area contributed by atoms with Gasteiger partial charge in [0, 0.05) is 22.3 Å². The van der Waals surface area contributed by atoms with E-state index in [2.05, 4.69) is 25.8 Å². The highest BCUT2D eigenvalue weighted by molar-refractivity contribution is 9.10. The van der Waals surface area contributed by atoms with Crippen molar-refractivity contribution in [1.82, 2.24) is 9.88 Å². The summed E-state index contributed by atoms with van der Waals surface area (Å²) in [5, 5.41) is 3.78. The highest BCUT2D eigenvalue weighted by atomic mass is 79.9. The quantitative estimate of drug-likeness (QED) is 0.814. The highest BCUT2D eigenvalue weighted by Gasteiger charge is 2.17. The number of nitrogen functional groups attached to an aromatic ring is 1. The van der Waals surface area contributed by atoms with Gasteiger partial charge in [0.2, 0.25) is 10.0 Å². The summed E-state index contributed by atoms with van der Waals surface area (Å²) in [6, 6.07) is 4.45. The lowest BCUT2D eigenvalue weighted by Crippen LogP contribution is -2.23. The van der Waals surface area contributed by atoms with Gasteiger partial charge in [-0.05, 0) is 48.0 Å². The van der Waals surface area contributed by atoms with Crippen molar-refractivity contribution in [2.75, 3.05) is 5.73 Å². The molecule has 20 heavy (non-hydrogen) atoms. The van der Waals surface area contributed by atoms with Crippen LogP contribution in [0.15, 0.2) is 32.1 Å². The zero-order valence-electron chi connectivity index (χ0n) is 11.0. The molecular formula is C12H14BrN3O3S. The Balaban J connectivity index is 2.21. The predicted octanol–water partition coefficient (Wildman–Crippen LogP) is 2.11. The van der Waals surface area contributed by atoms with Crippen LogP contribution in [0, 0.1) is 13.8 Å². The van der Waals surface area contributed by atoms with E-state index in [-0.39, 0.29) is 11.4 Å². The topological polar surface area (TPSA) is 98.2 Å².